The number of rotatable bonds is 9. The summed E-state index contributed by atoms with van der Waals surface area (Å²) in [4.78, 5) is 51.1. The highest BCUT2D eigenvalue weighted by atomic mass is 16.6. The Bertz CT molecular complexity index is 1340. The molecular weight excluding hydrogens is 440 g/mol. The second kappa shape index (κ2) is 10.6. The van der Waals surface area contributed by atoms with Gasteiger partial charge in [0, 0.05) is 42.4 Å². The first-order valence-electron chi connectivity index (χ1n) is 10.8. The number of Topliss-reactive ketones (excluding diaryl/α,β-unsaturated/α-hetero) is 1. The molecule has 0 unspecified atom stereocenters. The fourth-order valence-corrected chi connectivity index (χ4v) is 3.51. The van der Waals surface area contributed by atoms with Gasteiger partial charge < -0.3 is 14.1 Å². The van der Waals surface area contributed by atoms with Crippen LogP contribution in [0.1, 0.15) is 36.7 Å². The maximum absolute atomic E-state index is 13.2. The van der Waals surface area contributed by atoms with Gasteiger partial charge in [0.25, 0.3) is 5.69 Å². The first-order chi connectivity index (χ1) is 16.3. The number of nitro benzene ring substituents is 1. The highest BCUT2D eigenvalue weighted by molar-refractivity contribution is 6.27. The van der Waals surface area contributed by atoms with E-state index in [9.17, 15) is 24.5 Å². The molecule has 2 aromatic carbocycles. The Balaban J connectivity index is 2.09. The molecule has 0 aliphatic heterocycles. The van der Waals surface area contributed by atoms with Crippen molar-refractivity contribution in [2.24, 2.45) is 0 Å². The Morgan fingerprint density at radius 3 is 2.47 bits per heavy atom. The van der Waals surface area contributed by atoms with Crippen LogP contribution in [0.3, 0.4) is 0 Å². The molecule has 1 aromatic heterocycles. The summed E-state index contributed by atoms with van der Waals surface area (Å²) in [6.45, 7) is 7.14. The third-order valence-electron chi connectivity index (χ3n) is 5.22. The van der Waals surface area contributed by atoms with Gasteiger partial charge in [-0.3, -0.25) is 14.9 Å². The number of hydrogen-bond acceptors (Lipinski definition) is 8. The average molecular weight is 464 g/mol. The highest BCUT2D eigenvalue weighted by Crippen LogP contribution is 2.24. The van der Waals surface area contributed by atoms with E-state index in [-0.39, 0.29) is 23.4 Å². The van der Waals surface area contributed by atoms with Crippen LogP contribution in [-0.4, -0.2) is 36.4 Å². The largest absolute Gasteiger partial charge is 0.462 e. The van der Waals surface area contributed by atoms with E-state index < -0.39 is 27.9 Å². The quantitative estimate of drug-likeness (QED) is 0.0669. The number of non-ortho nitro benzene ring substituents is 1. The predicted octanol–water partition coefficient (Wildman–Crippen LogP) is 4.38. The van der Waals surface area contributed by atoms with Crippen LogP contribution < -0.4 is 10.5 Å². The molecule has 0 saturated heterocycles. The summed E-state index contributed by atoms with van der Waals surface area (Å²) in [7, 11) is 0. The number of benzene rings is 2. The summed E-state index contributed by atoms with van der Waals surface area (Å²) < 4.78 is 10.4. The van der Waals surface area contributed by atoms with Crippen LogP contribution in [0.2, 0.25) is 0 Å². The molecule has 0 radical (unpaired) electrons. The maximum atomic E-state index is 13.2. The molecule has 9 nitrogen and oxygen atoms in total. The summed E-state index contributed by atoms with van der Waals surface area (Å²) in [5.41, 5.74) is -0.466. The zero-order chi connectivity index (χ0) is 24.8. The second-order valence-electron chi connectivity index (χ2n) is 7.30. The molecule has 0 aliphatic carbocycles. The van der Waals surface area contributed by atoms with Gasteiger partial charge in [-0.15, -0.1) is 0 Å². The van der Waals surface area contributed by atoms with Gasteiger partial charge in [-0.05, 0) is 50.6 Å². The minimum atomic E-state index is -0.949. The minimum Gasteiger partial charge on any atom is -0.462 e. The monoisotopic (exact) mass is 464 g/mol. The van der Waals surface area contributed by atoms with Crippen LogP contribution in [-0.2, 0) is 9.53 Å². The van der Waals surface area contributed by atoms with Crippen LogP contribution in [0, 0.1) is 10.1 Å². The van der Waals surface area contributed by atoms with Crippen molar-refractivity contribution in [2.45, 2.75) is 20.8 Å². The van der Waals surface area contributed by atoms with Crippen molar-refractivity contribution in [2.75, 3.05) is 24.6 Å². The number of ketones is 1. The van der Waals surface area contributed by atoms with Gasteiger partial charge in [-0.2, -0.15) is 0 Å². The number of anilines is 1. The molecule has 0 amide bonds. The number of esters is 1. The molecule has 0 bridgehead atoms. The van der Waals surface area contributed by atoms with E-state index in [2.05, 4.69) is 4.90 Å². The smallest absolute Gasteiger partial charge is 0.347 e. The van der Waals surface area contributed by atoms with Gasteiger partial charge >= 0.3 is 11.6 Å². The molecule has 9 heteroatoms. The van der Waals surface area contributed by atoms with Crippen molar-refractivity contribution < 1.29 is 23.7 Å². The summed E-state index contributed by atoms with van der Waals surface area (Å²) in [6.07, 6.45) is 1.17. The van der Waals surface area contributed by atoms with E-state index in [4.69, 9.17) is 9.15 Å². The average Bonchev–Trinajstić information content (AvgIpc) is 2.82. The van der Waals surface area contributed by atoms with Crippen molar-refractivity contribution in [1.82, 2.24) is 0 Å². The molecule has 3 rings (SSSR count). The summed E-state index contributed by atoms with van der Waals surface area (Å²) in [5, 5.41) is 11.6. The molecule has 0 fully saturated rings. The van der Waals surface area contributed by atoms with Gasteiger partial charge in [0.05, 0.1) is 11.5 Å². The van der Waals surface area contributed by atoms with Gasteiger partial charge in [-0.1, -0.05) is 12.1 Å². The van der Waals surface area contributed by atoms with E-state index in [1.807, 2.05) is 19.9 Å². The highest BCUT2D eigenvalue weighted by Gasteiger charge is 2.25. The lowest BCUT2D eigenvalue weighted by Gasteiger charge is -2.21. The van der Waals surface area contributed by atoms with Gasteiger partial charge in [0.2, 0.25) is 5.78 Å². The Kier molecular flexibility index (Phi) is 7.57. The Morgan fingerprint density at radius 2 is 1.82 bits per heavy atom. The van der Waals surface area contributed by atoms with Gasteiger partial charge in [0.1, 0.15) is 16.7 Å². The normalized spacial score (nSPS) is 11.3. The molecule has 0 aliphatic rings. The van der Waals surface area contributed by atoms with Gasteiger partial charge in [-0.25, -0.2) is 9.59 Å². The molecule has 176 valence electrons. The van der Waals surface area contributed by atoms with E-state index in [0.29, 0.717) is 11.0 Å². The Morgan fingerprint density at radius 1 is 1.09 bits per heavy atom. The topological polar surface area (TPSA) is 120 Å². The fourth-order valence-electron chi connectivity index (χ4n) is 3.51. The van der Waals surface area contributed by atoms with Crippen molar-refractivity contribution >= 4 is 40.2 Å². The Hall–Kier alpha value is -4.27. The number of hydrogen-bond donors (Lipinski definition) is 0. The summed E-state index contributed by atoms with van der Waals surface area (Å²) in [5.74, 6) is -1.84. The number of ether oxygens (including phenoxy) is 1. The first kappa shape index (κ1) is 24.4. The molecule has 34 heavy (non-hydrogen) atoms. The lowest BCUT2D eigenvalue weighted by molar-refractivity contribution is -0.384. The molecule has 0 N–H and O–H groups in total. The lowest BCUT2D eigenvalue weighted by Crippen LogP contribution is -2.22. The number of fused-ring (bicyclic) bond motifs is 1. The third kappa shape index (κ3) is 5.20. The fraction of sp³-hybridized carbons (Fsp3) is 0.240. The van der Waals surface area contributed by atoms with Gasteiger partial charge in [0.15, 0.2) is 0 Å². The van der Waals surface area contributed by atoms with Crippen molar-refractivity contribution in [1.29, 1.82) is 0 Å². The summed E-state index contributed by atoms with van der Waals surface area (Å²) in [6, 6.07) is 12.1. The van der Waals surface area contributed by atoms with Crippen LogP contribution in [0.5, 0.6) is 0 Å². The third-order valence-corrected chi connectivity index (χ3v) is 5.22. The van der Waals surface area contributed by atoms with Crippen molar-refractivity contribution in [3.63, 3.8) is 0 Å². The molecule has 1 heterocycles. The SMILES string of the molecule is CCOC(=O)/C(=C\c1cccc([N+](=O)[O-])c1)C(=O)c1cc2ccc(N(CC)CC)cc2oc1=O. The predicted molar refractivity (Wildman–Crippen MR) is 128 cm³/mol. The number of carbonyl (C=O) groups excluding carboxylic acids is 2. The number of carbonyl (C=O) groups is 2. The van der Waals surface area contributed by atoms with E-state index in [0.717, 1.165) is 18.8 Å². The van der Waals surface area contributed by atoms with Crippen LogP contribution >= 0.6 is 0 Å². The molecule has 0 spiro atoms. The Labute approximate surface area is 195 Å². The molecule has 0 atom stereocenters. The lowest BCUT2D eigenvalue weighted by atomic mass is 10.0. The maximum Gasteiger partial charge on any atom is 0.347 e. The molecule has 3 aromatic rings. The van der Waals surface area contributed by atoms with Crippen molar-refractivity contribution in [3.05, 3.63) is 85.8 Å². The standard InChI is InChI=1S/C25H24N2O7/c1-4-26(5-2)18-11-10-17-14-21(25(30)34-22(17)15-18)23(28)20(24(29)33-6-3)13-16-8-7-9-19(12-16)27(31)32/h7-15H,4-6H2,1-3H3/b20-13-. The van der Waals surface area contributed by atoms with E-state index in [1.54, 1.807) is 19.1 Å². The van der Waals surface area contributed by atoms with Crippen molar-refractivity contribution in [3.8, 4) is 0 Å². The number of nitrogens with zero attached hydrogens (tertiary/aromatic N) is 2. The van der Waals surface area contributed by atoms with E-state index in [1.165, 1.54) is 36.4 Å². The second-order valence-corrected chi connectivity index (χ2v) is 7.30. The minimum absolute atomic E-state index is 0.00114. The van der Waals surface area contributed by atoms with Crippen LogP contribution in [0.25, 0.3) is 17.0 Å². The molecular formula is C25H24N2O7. The zero-order valence-electron chi connectivity index (χ0n) is 19.1. The molecule has 0 saturated carbocycles. The van der Waals surface area contributed by atoms with Crippen LogP contribution in [0.4, 0.5) is 11.4 Å². The number of nitro groups is 1. The summed E-state index contributed by atoms with van der Waals surface area (Å²) >= 11 is 0. The van der Waals surface area contributed by atoms with Crippen LogP contribution in [0.15, 0.2) is 63.3 Å². The van der Waals surface area contributed by atoms with E-state index >= 15 is 0 Å². The first-order valence-corrected chi connectivity index (χ1v) is 10.8. The zero-order valence-corrected chi connectivity index (χ0v) is 19.1.